The van der Waals surface area contributed by atoms with Crippen LogP contribution in [0.15, 0.2) is 48.5 Å². The highest BCUT2D eigenvalue weighted by Crippen LogP contribution is 2.41. The highest BCUT2D eigenvalue weighted by atomic mass is 14.9. The van der Waals surface area contributed by atoms with E-state index in [1.807, 2.05) is 0 Å². The number of likely N-dealkylation sites (N-methyl/N-ethyl adjacent to an activating group) is 1. The molecule has 2 aromatic rings. The molecule has 2 atom stereocenters. The van der Waals surface area contributed by atoms with E-state index in [-0.39, 0.29) is 0 Å². The summed E-state index contributed by atoms with van der Waals surface area (Å²) in [5, 5.41) is 3.53. The van der Waals surface area contributed by atoms with E-state index in [1.165, 1.54) is 35.1 Å². The molecule has 1 N–H and O–H groups in total. The van der Waals surface area contributed by atoms with Crippen molar-refractivity contribution in [1.82, 2.24) is 5.32 Å². The maximum atomic E-state index is 3.53. The van der Waals surface area contributed by atoms with Crippen molar-refractivity contribution in [2.24, 2.45) is 0 Å². The Morgan fingerprint density at radius 1 is 1.11 bits per heavy atom. The van der Waals surface area contributed by atoms with E-state index in [9.17, 15) is 0 Å². The van der Waals surface area contributed by atoms with Gasteiger partial charge in [-0.2, -0.15) is 0 Å². The normalized spacial score (nSPS) is 19.2. The van der Waals surface area contributed by atoms with Crippen LogP contribution in [0.1, 0.15) is 40.6 Å². The second-order valence-corrected chi connectivity index (χ2v) is 5.52. The van der Waals surface area contributed by atoms with Crippen LogP contribution < -0.4 is 5.32 Å². The van der Waals surface area contributed by atoms with Gasteiger partial charge in [-0.05, 0) is 43.5 Å². The molecule has 0 amide bonds. The van der Waals surface area contributed by atoms with Gasteiger partial charge in [-0.25, -0.2) is 0 Å². The van der Waals surface area contributed by atoms with E-state index >= 15 is 0 Å². The Labute approximate surface area is 115 Å². The summed E-state index contributed by atoms with van der Waals surface area (Å²) in [6.45, 7) is 2.17. The zero-order valence-corrected chi connectivity index (χ0v) is 11.7. The fourth-order valence-electron chi connectivity index (χ4n) is 3.40. The maximum absolute atomic E-state index is 3.53. The molecule has 0 saturated heterocycles. The van der Waals surface area contributed by atoms with Crippen LogP contribution >= 0.6 is 0 Å². The third-order valence-electron chi connectivity index (χ3n) is 4.29. The first-order valence-electron chi connectivity index (χ1n) is 7.11. The molecule has 0 heterocycles. The van der Waals surface area contributed by atoms with Gasteiger partial charge in [0.05, 0.1) is 0 Å². The molecule has 19 heavy (non-hydrogen) atoms. The minimum atomic E-state index is 0.420. The van der Waals surface area contributed by atoms with Gasteiger partial charge in [0, 0.05) is 12.0 Å². The van der Waals surface area contributed by atoms with E-state index in [4.69, 9.17) is 0 Å². The molecule has 0 aliphatic heterocycles. The lowest BCUT2D eigenvalue weighted by Gasteiger charge is -2.25. The SMILES string of the molecule is CNC(c1cccc(C)c1)C1CCc2ccccc21. The van der Waals surface area contributed by atoms with E-state index in [2.05, 4.69) is 67.8 Å². The van der Waals surface area contributed by atoms with Gasteiger partial charge < -0.3 is 5.32 Å². The van der Waals surface area contributed by atoms with E-state index in [0.717, 1.165) is 0 Å². The molecule has 0 aromatic heterocycles. The van der Waals surface area contributed by atoms with Crippen molar-refractivity contribution in [3.8, 4) is 0 Å². The largest absolute Gasteiger partial charge is 0.312 e. The summed E-state index contributed by atoms with van der Waals surface area (Å²) in [6, 6.07) is 18.2. The summed E-state index contributed by atoms with van der Waals surface area (Å²) in [6.07, 6.45) is 2.46. The molecule has 0 bridgehead atoms. The van der Waals surface area contributed by atoms with E-state index < -0.39 is 0 Å². The number of nitrogens with one attached hydrogen (secondary N) is 1. The first-order chi connectivity index (χ1) is 9.29. The average molecular weight is 251 g/mol. The van der Waals surface area contributed by atoms with Gasteiger partial charge >= 0.3 is 0 Å². The molecule has 1 aliphatic carbocycles. The number of hydrogen-bond donors (Lipinski definition) is 1. The third-order valence-corrected chi connectivity index (χ3v) is 4.29. The highest BCUT2D eigenvalue weighted by molar-refractivity contribution is 5.38. The van der Waals surface area contributed by atoms with Crippen molar-refractivity contribution in [3.63, 3.8) is 0 Å². The van der Waals surface area contributed by atoms with Crippen LogP contribution in [0, 0.1) is 6.92 Å². The van der Waals surface area contributed by atoms with Crippen molar-refractivity contribution in [2.45, 2.75) is 31.7 Å². The van der Waals surface area contributed by atoms with Crippen molar-refractivity contribution in [1.29, 1.82) is 0 Å². The quantitative estimate of drug-likeness (QED) is 0.870. The molecule has 1 aliphatic rings. The standard InChI is InChI=1S/C18H21N/c1-13-6-5-8-15(12-13)18(19-2)17-11-10-14-7-3-4-9-16(14)17/h3-9,12,17-19H,10-11H2,1-2H3. The van der Waals surface area contributed by atoms with Gasteiger partial charge in [-0.1, -0.05) is 54.1 Å². The van der Waals surface area contributed by atoms with Gasteiger partial charge in [0.1, 0.15) is 0 Å². The summed E-state index contributed by atoms with van der Waals surface area (Å²) in [5.41, 5.74) is 5.80. The second-order valence-electron chi connectivity index (χ2n) is 5.52. The molecule has 0 fully saturated rings. The molecule has 3 rings (SSSR count). The maximum Gasteiger partial charge on any atom is 0.0387 e. The highest BCUT2D eigenvalue weighted by Gasteiger charge is 2.29. The zero-order valence-electron chi connectivity index (χ0n) is 11.7. The van der Waals surface area contributed by atoms with E-state index in [1.54, 1.807) is 0 Å². The molecule has 1 nitrogen and oxygen atoms in total. The van der Waals surface area contributed by atoms with Crippen LogP contribution in [0.3, 0.4) is 0 Å². The number of rotatable bonds is 3. The number of aryl methyl sites for hydroxylation is 2. The van der Waals surface area contributed by atoms with E-state index in [0.29, 0.717) is 12.0 Å². The van der Waals surface area contributed by atoms with Crippen molar-refractivity contribution in [3.05, 3.63) is 70.8 Å². The Hall–Kier alpha value is -1.60. The minimum absolute atomic E-state index is 0.420. The molecule has 2 aromatic carbocycles. The lowest BCUT2D eigenvalue weighted by atomic mass is 9.88. The van der Waals surface area contributed by atoms with Crippen LogP contribution in [0.5, 0.6) is 0 Å². The molecule has 0 radical (unpaired) electrons. The number of benzene rings is 2. The minimum Gasteiger partial charge on any atom is -0.312 e. The Balaban J connectivity index is 1.96. The Morgan fingerprint density at radius 3 is 2.74 bits per heavy atom. The number of hydrogen-bond acceptors (Lipinski definition) is 1. The smallest absolute Gasteiger partial charge is 0.0387 e. The van der Waals surface area contributed by atoms with Crippen LogP contribution in [0.25, 0.3) is 0 Å². The van der Waals surface area contributed by atoms with Crippen LogP contribution in [-0.4, -0.2) is 7.05 Å². The Bertz CT molecular complexity index is 573. The molecule has 1 heteroatoms. The predicted octanol–water partition coefficient (Wildman–Crippen LogP) is 3.99. The molecule has 0 spiro atoms. The van der Waals surface area contributed by atoms with Gasteiger partial charge in [0.25, 0.3) is 0 Å². The first-order valence-corrected chi connectivity index (χ1v) is 7.11. The van der Waals surface area contributed by atoms with Gasteiger partial charge in [-0.3, -0.25) is 0 Å². The lowest BCUT2D eigenvalue weighted by molar-refractivity contribution is 0.476. The molecule has 2 unspecified atom stereocenters. The van der Waals surface area contributed by atoms with Gasteiger partial charge in [0.2, 0.25) is 0 Å². The Morgan fingerprint density at radius 2 is 1.95 bits per heavy atom. The van der Waals surface area contributed by atoms with Gasteiger partial charge in [0.15, 0.2) is 0 Å². The summed E-state index contributed by atoms with van der Waals surface area (Å²) < 4.78 is 0. The molecule has 98 valence electrons. The third kappa shape index (κ3) is 2.31. The van der Waals surface area contributed by atoms with Gasteiger partial charge in [-0.15, -0.1) is 0 Å². The van der Waals surface area contributed by atoms with Crippen LogP contribution in [-0.2, 0) is 6.42 Å². The average Bonchev–Trinajstić information content (AvgIpc) is 2.84. The van der Waals surface area contributed by atoms with Crippen LogP contribution in [0.2, 0.25) is 0 Å². The van der Waals surface area contributed by atoms with Crippen LogP contribution in [0.4, 0.5) is 0 Å². The summed E-state index contributed by atoms with van der Waals surface area (Å²) in [7, 11) is 2.08. The molecular formula is C18H21N. The molecule has 0 saturated carbocycles. The van der Waals surface area contributed by atoms with Crippen molar-refractivity contribution >= 4 is 0 Å². The second kappa shape index (κ2) is 5.18. The summed E-state index contributed by atoms with van der Waals surface area (Å²) >= 11 is 0. The first kappa shape index (κ1) is 12.4. The summed E-state index contributed by atoms with van der Waals surface area (Å²) in [5.74, 6) is 0.600. The lowest BCUT2D eigenvalue weighted by Crippen LogP contribution is -2.22. The van der Waals surface area contributed by atoms with Crippen molar-refractivity contribution < 1.29 is 0 Å². The zero-order chi connectivity index (χ0) is 13.2. The number of fused-ring (bicyclic) bond motifs is 1. The van der Waals surface area contributed by atoms with Crippen molar-refractivity contribution in [2.75, 3.05) is 7.05 Å². The predicted molar refractivity (Wildman–Crippen MR) is 80.5 cm³/mol. The molecular weight excluding hydrogens is 230 g/mol. The summed E-state index contributed by atoms with van der Waals surface area (Å²) in [4.78, 5) is 0. The monoisotopic (exact) mass is 251 g/mol. The topological polar surface area (TPSA) is 12.0 Å². The fraction of sp³-hybridized carbons (Fsp3) is 0.333. The Kier molecular flexibility index (Phi) is 3.39. The fourth-order valence-corrected chi connectivity index (χ4v) is 3.40.